The summed E-state index contributed by atoms with van der Waals surface area (Å²) in [6.07, 6.45) is 4.99. The van der Waals surface area contributed by atoms with Gasteiger partial charge in [-0.1, -0.05) is 17.7 Å². The number of hydrogen-bond donors (Lipinski definition) is 1. The summed E-state index contributed by atoms with van der Waals surface area (Å²) in [6.45, 7) is 3.69. The Balaban J connectivity index is 1.48. The Morgan fingerprint density at radius 1 is 1.21 bits per heavy atom. The summed E-state index contributed by atoms with van der Waals surface area (Å²) < 4.78 is 0. The molecule has 0 amide bonds. The lowest BCUT2D eigenvalue weighted by Crippen LogP contribution is -2.38. The summed E-state index contributed by atoms with van der Waals surface area (Å²) >= 11 is 6.06. The van der Waals surface area contributed by atoms with Crippen LogP contribution in [0.4, 0.5) is 0 Å². The standard InChI is InChI=1S/C16H23ClN2/c1-19-6-4-12(5-7-19)11-18-16-9-13-2-3-15(17)8-14(13)10-16/h2-3,8,12,16,18H,4-7,9-11H2,1H3. The summed E-state index contributed by atoms with van der Waals surface area (Å²) in [5.74, 6) is 0.864. The topological polar surface area (TPSA) is 15.3 Å². The highest BCUT2D eigenvalue weighted by atomic mass is 35.5. The van der Waals surface area contributed by atoms with Crippen LogP contribution in [-0.2, 0) is 12.8 Å². The van der Waals surface area contributed by atoms with Crippen LogP contribution >= 0.6 is 11.6 Å². The second-order valence-corrected chi connectivity index (χ2v) is 6.61. The first-order valence-electron chi connectivity index (χ1n) is 7.40. The van der Waals surface area contributed by atoms with Gasteiger partial charge in [0.05, 0.1) is 0 Å². The Hall–Kier alpha value is -0.570. The molecule has 1 aromatic carbocycles. The van der Waals surface area contributed by atoms with E-state index in [2.05, 4.69) is 29.4 Å². The number of rotatable bonds is 3. The molecule has 0 aromatic heterocycles. The van der Waals surface area contributed by atoms with Gasteiger partial charge in [0.1, 0.15) is 0 Å². The number of halogens is 1. The van der Waals surface area contributed by atoms with Crippen molar-refractivity contribution in [1.82, 2.24) is 10.2 Å². The predicted octanol–water partition coefficient (Wildman–Crippen LogP) is 2.74. The predicted molar refractivity (Wildman–Crippen MR) is 80.9 cm³/mol. The second-order valence-electron chi connectivity index (χ2n) is 6.17. The maximum Gasteiger partial charge on any atom is 0.0408 e. The first kappa shape index (κ1) is 13.4. The van der Waals surface area contributed by atoms with Crippen LogP contribution in [0, 0.1) is 5.92 Å². The molecule has 2 nitrogen and oxygen atoms in total. The Morgan fingerprint density at radius 3 is 2.74 bits per heavy atom. The van der Waals surface area contributed by atoms with Gasteiger partial charge in [0.2, 0.25) is 0 Å². The molecular weight excluding hydrogens is 256 g/mol. The van der Waals surface area contributed by atoms with Gasteiger partial charge < -0.3 is 10.2 Å². The number of nitrogens with zero attached hydrogens (tertiary/aromatic N) is 1. The van der Waals surface area contributed by atoms with Gasteiger partial charge in [0.25, 0.3) is 0 Å². The minimum Gasteiger partial charge on any atom is -0.313 e. The molecule has 19 heavy (non-hydrogen) atoms. The van der Waals surface area contributed by atoms with Crippen LogP contribution in [0.3, 0.4) is 0 Å². The zero-order chi connectivity index (χ0) is 13.2. The van der Waals surface area contributed by atoms with Crippen molar-refractivity contribution in [3.8, 4) is 0 Å². The molecule has 1 aromatic rings. The van der Waals surface area contributed by atoms with Crippen LogP contribution in [-0.4, -0.2) is 37.6 Å². The van der Waals surface area contributed by atoms with Gasteiger partial charge in [-0.3, -0.25) is 0 Å². The zero-order valence-electron chi connectivity index (χ0n) is 11.7. The molecule has 0 spiro atoms. The monoisotopic (exact) mass is 278 g/mol. The smallest absolute Gasteiger partial charge is 0.0408 e. The van der Waals surface area contributed by atoms with Gasteiger partial charge in [-0.15, -0.1) is 0 Å². The minimum absolute atomic E-state index is 0.619. The Morgan fingerprint density at radius 2 is 1.95 bits per heavy atom. The fourth-order valence-corrected chi connectivity index (χ4v) is 3.53. The van der Waals surface area contributed by atoms with Gasteiger partial charge in [0, 0.05) is 11.1 Å². The van der Waals surface area contributed by atoms with Crippen molar-refractivity contribution in [3.05, 3.63) is 34.3 Å². The maximum absolute atomic E-state index is 6.06. The van der Waals surface area contributed by atoms with Crippen molar-refractivity contribution in [1.29, 1.82) is 0 Å². The maximum atomic E-state index is 6.06. The van der Waals surface area contributed by atoms with E-state index in [1.165, 1.54) is 50.0 Å². The molecule has 0 saturated carbocycles. The minimum atomic E-state index is 0.619. The third-order valence-corrected chi connectivity index (χ3v) is 4.87. The molecule has 1 aliphatic carbocycles. The molecular formula is C16H23ClN2. The molecule has 0 bridgehead atoms. The van der Waals surface area contributed by atoms with E-state index in [1.807, 2.05) is 6.07 Å². The molecule has 0 radical (unpaired) electrons. The summed E-state index contributed by atoms with van der Waals surface area (Å²) in [5.41, 5.74) is 2.92. The zero-order valence-corrected chi connectivity index (χ0v) is 12.4. The van der Waals surface area contributed by atoms with Crippen molar-refractivity contribution in [2.24, 2.45) is 5.92 Å². The van der Waals surface area contributed by atoms with Crippen molar-refractivity contribution < 1.29 is 0 Å². The van der Waals surface area contributed by atoms with Crippen LogP contribution in [0.1, 0.15) is 24.0 Å². The third-order valence-electron chi connectivity index (χ3n) is 4.63. The average Bonchev–Trinajstić information content (AvgIpc) is 2.80. The van der Waals surface area contributed by atoms with Gasteiger partial charge in [-0.05, 0) is 81.5 Å². The van der Waals surface area contributed by atoms with Crippen LogP contribution in [0.25, 0.3) is 0 Å². The summed E-state index contributed by atoms with van der Waals surface area (Å²) in [6, 6.07) is 6.95. The summed E-state index contributed by atoms with van der Waals surface area (Å²) in [4.78, 5) is 2.43. The number of piperidine rings is 1. The number of hydrogen-bond acceptors (Lipinski definition) is 2. The molecule has 3 rings (SSSR count). The fraction of sp³-hybridized carbons (Fsp3) is 0.625. The molecule has 3 heteroatoms. The Bertz CT molecular complexity index is 438. The van der Waals surface area contributed by atoms with E-state index in [0.717, 1.165) is 17.4 Å². The summed E-state index contributed by atoms with van der Waals surface area (Å²) in [7, 11) is 2.22. The molecule has 1 heterocycles. The van der Waals surface area contributed by atoms with Gasteiger partial charge in [0.15, 0.2) is 0 Å². The molecule has 1 saturated heterocycles. The van der Waals surface area contributed by atoms with E-state index < -0.39 is 0 Å². The Kier molecular flexibility index (Phi) is 4.11. The number of nitrogens with one attached hydrogen (secondary N) is 1. The summed E-state index contributed by atoms with van der Waals surface area (Å²) in [5, 5.41) is 4.64. The van der Waals surface area contributed by atoms with Gasteiger partial charge in [-0.25, -0.2) is 0 Å². The lowest BCUT2D eigenvalue weighted by molar-refractivity contribution is 0.213. The molecule has 2 aliphatic rings. The van der Waals surface area contributed by atoms with E-state index in [9.17, 15) is 0 Å². The highest BCUT2D eigenvalue weighted by molar-refractivity contribution is 6.30. The van der Waals surface area contributed by atoms with Crippen molar-refractivity contribution in [3.63, 3.8) is 0 Å². The number of likely N-dealkylation sites (tertiary alicyclic amines) is 1. The SMILES string of the molecule is CN1CCC(CNC2Cc3ccc(Cl)cc3C2)CC1. The molecule has 1 fully saturated rings. The lowest BCUT2D eigenvalue weighted by atomic mass is 9.97. The average molecular weight is 279 g/mol. The van der Waals surface area contributed by atoms with Gasteiger partial charge in [-0.2, -0.15) is 0 Å². The van der Waals surface area contributed by atoms with Crippen LogP contribution in [0.5, 0.6) is 0 Å². The van der Waals surface area contributed by atoms with Crippen LogP contribution < -0.4 is 5.32 Å². The van der Waals surface area contributed by atoms with Crippen molar-refractivity contribution in [2.45, 2.75) is 31.7 Å². The highest BCUT2D eigenvalue weighted by Crippen LogP contribution is 2.25. The van der Waals surface area contributed by atoms with Crippen LogP contribution in [0.15, 0.2) is 18.2 Å². The Labute approximate surface area is 121 Å². The highest BCUT2D eigenvalue weighted by Gasteiger charge is 2.23. The van der Waals surface area contributed by atoms with E-state index >= 15 is 0 Å². The third kappa shape index (κ3) is 3.31. The molecule has 1 unspecified atom stereocenters. The van der Waals surface area contributed by atoms with E-state index in [0.29, 0.717) is 6.04 Å². The van der Waals surface area contributed by atoms with Crippen LogP contribution in [0.2, 0.25) is 5.02 Å². The first-order chi connectivity index (χ1) is 9.20. The number of benzene rings is 1. The molecule has 1 N–H and O–H groups in total. The van der Waals surface area contributed by atoms with Gasteiger partial charge >= 0.3 is 0 Å². The van der Waals surface area contributed by atoms with E-state index in [1.54, 1.807) is 0 Å². The largest absolute Gasteiger partial charge is 0.313 e. The molecule has 104 valence electrons. The fourth-order valence-electron chi connectivity index (χ4n) is 3.33. The first-order valence-corrected chi connectivity index (χ1v) is 7.78. The molecule has 1 aliphatic heterocycles. The number of fused-ring (bicyclic) bond motifs is 1. The molecule has 1 atom stereocenters. The van der Waals surface area contributed by atoms with Crippen molar-refractivity contribution in [2.75, 3.05) is 26.7 Å². The normalized spacial score (nSPS) is 24.6. The van der Waals surface area contributed by atoms with Crippen molar-refractivity contribution >= 4 is 11.6 Å². The quantitative estimate of drug-likeness (QED) is 0.915. The van der Waals surface area contributed by atoms with E-state index in [-0.39, 0.29) is 0 Å². The lowest BCUT2D eigenvalue weighted by Gasteiger charge is -2.29. The second kappa shape index (κ2) is 5.82. The van der Waals surface area contributed by atoms with E-state index in [4.69, 9.17) is 11.6 Å².